The average Bonchev–Trinajstić information content (AvgIpc) is 0.811. The molecular weight excluding hydrogens is 244 g/mol. The summed E-state index contributed by atoms with van der Waals surface area (Å²) >= 11 is 0. The molecular formula is C3H8IrO. The Hall–Kier alpha value is 0.609. The van der Waals surface area contributed by atoms with Gasteiger partial charge in [-0.25, -0.2) is 0 Å². The predicted octanol–water partition coefficient (Wildman–Crippen LogP) is 0.385. The molecule has 0 aliphatic heterocycles. The van der Waals surface area contributed by atoms with Crippen LogP contribution < -0.4 is 0 Å². The van der Waals surface area contributed by atoms with Crippen molar-refractivity contribution in [1.29, 1.82) is 0 Å². The number of rotatable bonds is 0. The molecule has 0 bridgehead atoms. The number of aliphatic hydroxyl groups is 1. The monoisotopic (exact) mass is 253 g/mol. The Labute approximate surface area is 45.7 Å². The van der Waals surface area contributed by atoms with E-state index in [-0.39, 0.29) is 26.2 Å². The third-order valence-corrected chi connectivity index (χ3v) is 0. The van der Waals surface area contributed by atoms with Crippen molar-refractivity contribution in [3.8, 4) is 0 Å². The Balaban J connectivity index is 0. The number of hydrogen-bond donors (Lipinski definition) is 1. The van der Waals surface area contributed by atoms with Crippen LogP contribution in [0.25, 0.3) is 0 Å². The molecule has 0 rings (SSSR count). The third kappa shape index (κ3) is 84.5. The van der Waals surface area contributed by atoms with Crippen LogP contribution in [-0.2, 0) is 20.1 Å². The summed E-state index contributed by atoms with van der Waals surface area (Å²) in [6.45, 7) is 3.44. The molecule has 2 heteroatoms. The van der Waals surface area contributed by atoms with Gasteiger partial charge in [-0.1, -0.05) is 0 Å². The van der Waals surface area contributed by atoms with E-state index in [1.54, 1.807) is 13.8 Å². The number of hydrogen-bond acceptors (Lipinski definition) is 1. The minimum absolute atomic E-state index is 0. The van der Waals surface area contributed by atoms with Gasteiger partial charge in [0.1, 0.15) is 0 Å². The second-order valence-electron chi connectivity index (χ2n) is 1.09. The van der Waals surface area contributed by atoms with Crippen molar-refractivity contribution in [2.75, 3.05) is 0 Å². The SMILES string of the molecule is CC(C)O.[Ir]. The summed E-state index contributed by atoms with van der Waals surface area (Å²) in [6, 6.07) is 0. The minimum atomic E-state index is -0.167. The Morgan fingerprint density at radius 2 is 1.40 bits per heavy atom. The van der Waals surface area contributed by atoms with Gasteiger partial charge >= 0.3 is 0 Å². The zero-order valence-electron chi connectivity index (χ0n) is 3.36. The van der Waals surface area contributed by atoms with Gasteiger partial charge in [0.25, 0.3) is 0 Å². The Morgan fingerprint density at radius 1 is 1.40 bits per heavy atom. The molecule has 0 aliphatic rings. The first-order chi connectivity index (χ1) is 1.73. The van der Waals surface area contributed by atoms with E-state index in [0.717, 1.165) is 0 Å². The maximum Gasteiger partial charge on any atom is 0.0483 e. The fourth-order valence-corrected chi connectivity index (χ4v) is 0. The molecule has 5 heavy (non-hydrogen) atoms. The van der Waals surface area contributed by atoms with Crippen LogP contribution in [0.4, 0.5) is 0 Å². The van der Waals surface area contributed by atoms with Crippen molar-refractivity contribution >= 4 is 0 Å². The van der Waals surface area contributed by atoms with E-state index in [9.17, 15) is 0 Å². The maximum absolute atomic E-state index is 8.06. The second kappa shape index (κ2) is 4.61. The third-order valence-electron chi connectivity index (χ3n) is 0. The standard InChI is InChI=1S/C3H8O.Ir/c1-3(2)4;/h3-4H,1-2H3;. The summed E-state index contributed by atoms with van der Waals surface area (Å²) < 4.78 is 0. The molecule has 1 N–H and O–H groups in total. The van der Waals surface area contributed by atoms with Crippen LogP contribution in [0.3, 0.4) is 0 Å². The van der Waals surface area contributed by atoms with Gasteiger partial charge in [-0.3, -0.25) is 0 Å². The molecule has 0 saturated carbocycles. The van der Waals surface area contributed by atoms with E-state index in [0.29, 0.717) is 0 Å². The van der Waals surface area contributed by atoms with Crippen LogP contribution in [0.15, 0.2) is 0 Å². The molecule has 0 aliphatic carbocycles. The van der Waals surface area contributed by atoms with Gasteiger partial charge in [-0.15, -0.1) is 0 Å². The normalized spacial score (nSPS) is 7.20. The van der Waals surface area contributed by atoms with Crippen LogP contribution in [0, 0.1) is 0 Å². The van der Waals surface area contributed by atoms with Crippen molar-refractivity contribution < 1.29 is 25.2 Å². The molecule has 0 unspecified atom stereocenters. The zero-order chi connectivity index (χ0) is 3.58. The summed E-state index contributed by atoms with van der Waals surface area (Å²) in [7, 11) is 0. The second-order valence-corrected chi connectivity index (χ2v) is 1.09. The van der Waals surface area contributed by atoms with E-state index in [4.69, 9.17) is 5.11 Å². The molecule has 0 saturated heterocycles. The van der Waals surface area contributed by atoms with E-state index in [1.165, 1.54) is 0 Å². The molecule has 1 radical (unpaired) electrons. The first kappa shape index (κ1) is 9.15. The summed E-state index contributed by atoms with van der Waals surface area (Å²) in [4.78, 5) is 0. The Bertz CT molecular complexity index is 11.6. The van der Waals surface area contributed by atoms with Gasteiger partial charge in [0.05, 0.1) is 0 Å². The molecule has 0 amide bonds. The van der Waals surface area contributed by atoms with Gasteiger partial charge in [-0.2, -0.15) is 0 Å². The smallest absolute Gasteiger partial charge is 0.0483 e. The predicted molar refractivity (Wildman–Crippen MR) is 17.4 cm³/mol. The van der Waals surface area contributed by atoms with Crippen molar-refractivity contribution in [3.05, 3.63) is 0 Å². The fourth-order valence-electron chi connectivity index (χ4n) is 0. The van der Waals surface area contributed by atoms with Gasteiger partial charge in [0, 0.05) is 26.2 Å². The van der Waals surface area contributed by atoms with Crippen molar-refractivity contribution in [2.45, 2.75) is 20.0 Å². The molecule has 1 nitrogen and oxygen atoms in total. The molecule has 0 atom stereocenters. The van der Waals surface area contributed by atoms with Gasteiger partial charge in [-0.05, 0) is 13.8 Å². The van der Waals surface area contributed by atoms with Crippen LogP contribution in [0.5, 0.6) is 0 Å². The molecule has 0 aromatic heterocycles. The molecule has 0 aromatic carbocycles. The first-order valence-electron chi connectivity index (χ1n) is 1.41. The largest absolute Gasteiger partial charge is 0.394 e. The topological polar surface area (TPSA) is 20.2 Å². The van der Waals surface area contributed by atoms with Crippen LogP contribution >= 0.6 is 0 Å². The molecule has 0 aromatic rings. The van der Waals surface area contributed by atoms with Gasteiger partial charge in [0.15, 0.2) is 0 Å². The molecule has 0 heterocycles. The summed E-state index contributed by atoms with van der Waals surface area (Å²) in [6.07, 6.45) is -0.167. The summed E-state index contributed by atoms with van der Waals surface area (Å²) in [5.41, 5.74) is 0. The minimum Gasteiger partial charge on any atom is -0.394 e. The van der Waals surface area contributed by atoms with E-state index < -0.39 is 0 Å². The Morgan fingerprint density at radius 3 is 1.40 bits per heavy atom. The first-order valence-corrected chi connectivity index (χ1v) is 1.41. The van der Waals surface area contributed by atoms with Crippen LogP contribution in [-0.4, -0.2) is 11.2 Å². The molecule has 0 fully saturated rings. The van der Waals surface area contributed by atoms with Crippen molar-refractivity contribution in [3.63, 3.8) is 0 Å². The molecule has 35 valence electrons. The van der Waals surface area contributed by atoms with E-state index >= 15 is 0 Å². The summed E-state index contributed by atoms with van der Waals surface area (Å²) in [5.74, 6) is 0. The Kier molecular flexibility index (Phi) is 8.43. The fraction of sp³-hybridized carbons (Fsp3) is 1.00. The van der Waals surface area contributed by atoms with Crippen LogP contribution in [0.2, 0.25) is 0 Å². The zero-order valence-corrected chi connectivity index (χ0v) is 5.75. The molecule has 0 spiro atoms. The van der Waals surface area contributed by atoms with E-state index in [1.807, 2.05) is 0 Å². The van der Waals surface area contributed by atoms with Crippen molar-refractivity contribution in [2.24, 2.45) is 0 Å². The van der Waals surface area contributed by atoms with Crippen molar-refractivity contribution in [1.82, 2.24) is 0 Å². The maximum atomic E-state index is 8.06. The quantitative estimate of drug-likeness (QED) is 0.661. The van der Waals surface area contributed by atoms with Crippen LogP contribution in [0.1, 0.15) is 13.8 Å². The van der Waals surface area contributed by atoms with Gasteiger partial charge in [0.2, 0.25) is 0 Å². The van der Waals surface area contributed by atoms with E-state index in [2.05, 4.69) is 0 Å². The average molecular weight is 252 g/mol. The number of aliphatic hydroxyl groups excluding tert-OH is 1. The summed E-state index contributed by atoms with van der Waals surface area (Å²) in [5, 5.41) is 8.06. The van der Waals surface area contributed by atoms with Gasteiger partial charge < -0.3 is 5.11 Å².